The minimum absolute atomic E-state index is 0.415. The number of aromatic nitrogens is 2. The van der Waals surface area contributed by atoms with Crippen molar-refractivity contribution in [3.8, 4) is 11.4 Å². The number of thiocarbonyl (C=S) groups is 1. The molecule has 5 nitrogen and oxygen atoms in total. The van der Waals surface area contributed by atoms with Gasteiger partial charge in [-0.1, -0.05) is 46.6 Å². The van der Waals surface area contributed by atoms with E-state index in [0.29, 0.717) is 28.4 Å². The predicted octanol–water partition coefficient (Wildman–Crippen LogP) is 4.53. The highest BCUT2D eigenvalue weighted by Crippen LogP contribution is 2.17. The zero-order valence-corrected chi connectivity index (χ0v) is 15.4. The summed E-state index contributed by atoms with van der Waals surface area (Å²) in [7, 11) is 1.86. The molecule has 0 saturated heterocycles. The monoisotopic (exact) mass is 372 g/mol. The second kappa shape index (κ2) is 7.63. The highest BCUT2D eigenvalue weighted by molar-refractivity contribution is 7.80. The van der Waals surface area contributed by atoms with Crippen LogP contribution in [-0.4, -0.2) is 27.2 Å². The highest BCUT2D eigenvalue weighted by Gasteiger charge is 2.12. The first kappa shape index (κ1) is 17.4. The van der Waals surface area contributed by atoms with Crippen LogP contribution in [0.2, 0.25) is 5.02 Å². The molecule has 128 valence electrons. The first-order chi connectivity index (χ1) is 12.0. The van der Waals surface area contributed by atoms with Crippen molar-refractivity contribution in [3.05, 3.63) is 65.0 Å². The van der Waals surface area contributed by atoms with Crippen LogP contribution in [0.4, 0.5) is 5.69 Å². The molecule has 25 heavy (non-hydrogen) atoms. The largest absolute Gasteiger partial charge is 0.343 e. The fourth-order valence-electron chi connectivity index (χ4n) is 2.17. The second-order valence-corrected chi connectivity index (χ2v) is 6.49. The van der Waals surface area contributed by atoms with Gasteiger partial charge in [-0.05, 0) is 43.4 Å². The number of rotatable bonds is 4. The molecule has 2 aromatic carbocycles. The lowest BCUT2D eigenvalue weighted by Gasteiger charge is -2.19. The lowest BCUT2D eigenvalue weighted by Crippen LogP contribution is -2.30. The number of hydrogen-bond donors (Lipinski definition) is 1. The van der Waals surface area contributed by atoms with Crippen LogP contribution in [0.3, 0.4) is 0 Å². The molecule has 3 aromatic rings. The summed E-state index contributed by atoms with van der Waals surface area (Å²) in [5, 5.41) is 8.41. The average Bonchev–Trinajstić information content (AvgIpc) is 3.06. The summed E-state index contributed by atoms with van der Waals surface area (Å²) in [5.74, 6) is 1.07. The van der Waals surface area contributed by atoms with Gasteiger partial charge in [0.15, 0.2) is 5.11 Å². The van der Waals surface area contributed by atoms with Crippen LogP contribution in [0.1, 0.15) is 11.5 Å². The normalized spacial score (nSPS) is 10.5. The third kappa shape index (κ3) is 4.55. The van der Waals surface area contributed by atoms with Gasteiger partial charge in [-0.3, -0.25) is 0 Å². The average molecular weight is 373 g/mol. The third-order valence-electron chi connectivity index (χ3n) is 3.59. The van der Waals surface area contributed by atoms with Crippen LogP contribution < -0.4 is 5.32 Å². The molecule has 3 rings (SSSR count). The summed E-state index contributed by atoms with van der Waals surface area (Å²) in [4.78, 5) is 6.26. The molecular weight excluding hydrogens is 356 g/mol. The Morgan fingerprint density at radius 1 is 1.16 bits per heavy atom. The van der Waals surface area contributed by atoms with Crippen LogP contribution in [0.25, 0.3) is 11.4 Å². The SMILES string of the molecule is Cc1ccc(-c2noc(CN(C)C(=S)Nc3ccc(Cl)cc3)n2)cc1. The zero-order valence-electron chi connectivity index (χ0n) is 13.9. The molecule has 0 aliphatic carbocycles. The van der Waals surface area contributed by atoms with Gasteiger partial charge < -0.3 is 14.7 Å². The quantitative estimate of drug-likeness (QED) is 0.679. The van der Waals surface area contributed by atoms with Crippen molar-refractivity contribution in [2.75, 3.05) is 12.4 Å². The van der Waals surface area contributed by atoms with Crippen molar-refractivity contribution in [2.24, 2.45) is 0 Å². The summed E-state index contributed by atoms with van der Waals surface area (Å²) in [6, 6.07) is 15.3. The van der Waals surface area contributed by atoms with Crippen molar-refractivity contribution in [1.82, 2.24) is 15.0 Å². The Bertz CT molecular complexity index is 862. The molecule has 0 radical (unpaired) electrons. The van der Waals surface area contributed by atoms with E-state index in [4.69, 9.17) is 28.3 Å². The second-order valence-electron chi connectivity index (χ2n) is 5.67. The molecule has 0 aliphatic rings. The highest BCUT2D eigenvalue weighted by atomic mass is 35.5. The Morgan fingerprint density at radius 3 is 2.52 bits per heavy atom. The minimum atomic E-state index is 0.415. The molecule has 1 N–H and O–H groups in total. The van der Waals surface area contributed by atoms with E-state index in [1.807, 2.05) is 55.3 Å². The van der Waals surface area contributed by atoms with E-state index in [1.54, 1.807) is 12.1 Å². The number of aryl methyl sites for hydroxylation is 1. The fourth-order valence-corrected chi connectivity index (χ4v) is 2.47. The molecule has 0 saturated carbocycles. The van der Waals surface area contributed by atoms with Crippen LogP contribution in [0, 0.1) is 6.92 Å². The number of halogens is 1. The fraction of sp³-hybridized carbons (Fsp3) is 0.167. The Hall–Kier alpha value is -2.44. The molecule has 7 heteroatoms. The van der Waals surface area contributed by atoms with E-state index in [2.05, 4.69) is 15.5 Å². The molecule has 0 bridgehead atoms. The zero-order chi connectivity index (χ0) is 17.8. The smallest absolute Gasteiger partial charge is 0.246 e. The summed E-state index contributed by atoms with van der Waals surface area (Å²) in [5.41, 5.74) is 2.98. The molecule has 1 heterocycles. The van der Waals surface area contributed by atoms with E-state index >= 15 is 0 Å². The summed E-state index contributed by atoms with van der Waals surface area (Å²) < 4.78 is 5.33. The third-order valence-corrected chi connectivity index (χ3v) is 4.26. The maximum Gasteiger partial charge on any atom is 0.246 e. The van der Waals surface area contributed by atoms with Crippen LogP contribution >= 0.6 is 23.8 Å². The summed E-state index contributed by atoms with van der Waals surface area (Å²) in [6.07, 6.45) is 0. The standard InChI is InChI=1S/C18H17ClN4OS/c1-12-3-5-13(6-4-12)17-21-16(24-22-17)11-23(2)18(25)20-15-9-7-14(19)8-10-15/h3-10H,11H2,1-2H3,(H,20,25). The van der Waals surface area contributed by atoms with Gasteiger partial charge in [-0.25, -0.2) is 0 Å². The first-order valence-corrected chi connectivity index (χ1v) is 8.47. The van der Waals surface area contributed by atoms with E-state index in [0.717, 1.165) is 11.3 Å². The lowest BCUT2D eigenvalue weighted by atomic mass is 10.1. The molecule has 1 aromatic heterocycles. The van der Waals surface area contributed by atoms with E-state index in [9.17, 15) is 0 Å². The molecule has 0 atom stereocenters. The molecule has 0 aliphatic heterocycles. The predicted molar refractivity (Wildman–Crippen MR) is 104 cm³/mol. The Balaban J connectivity index is 1.62. The van der Waals surface area contributed by atoms with Crippen molar-refractivity contribution in [2.45, 2.75) is 13.5 Å². The van der Waals surface area contributed by atoms with Gasteiger partial charge >= 0.3 is 0 Å². The van der Waals surface area contributed by atoms with E-state index in [1.165, 1.54) is 5.56 Å². The molecule has 0 unspecified atom stereocenters. The molecule has 0 amide bonds. The van der Waals surface area contributed by atoms with Gasteiger partial charge in [0.05, 0.1) is 6.54 Å². The van der Waals surface area contributed by atoms with Gasteiger partial charge in [-0.15, -0.1) is 0 Å². The lowest BCUT2D eigenvalue weighted by molar-refractivity contribution is 0.336. The van der Waals surface area contributed by atoms with E-state index < -0.39 is 0 Å². The Morgan fingerprint density at radius 2 is 1.84 bits per heavy atom. The number of benzene rings is 2. The summed E-state index contributed by atoms with van der Waals surface area (Å²) in [6.45, 7) is 2.45. The first-order valence-electron chi connectivity index (χ1n) is 7.68. The maximum absolute atomic E-state index is 5.88. The van der Waals surface area contributed by atoms with E-state index in [-0.39, 0.29) is 0 Å². The van der Waals surface area contributed by atoms with Crippen molar-refractivity contribution >= 4 is 34.6 Å². The Labute approximate surface area is 156 Å². The topological polar surface area (TPSA) is 54.2 Å². The minimum Gasteiger partial charge on any atom is -0.343 e. The van der Waals surface area contributed by atoms with Crippen LogP contribution in [0.15, 0.2) is 53.1 Å². The van der Waals surface area contributed by atoms with Gasteiger partial charge in [0.25, 0.3) is 0 Å². The van der Waals surface area contributed by atoms with Gasteiger partial charge in [0.2, 0.25) is 11.7 Å². The van der Waals surface area contributed by atoms with Crippen LogP contribution in [-0.2, 0) is 6.54 Å². The Kier molecular flexibility index (Phi) is 5.31. The molecule has 0 spiro atoms. The van der Waals surface area contributed by atoms with Gasteiger partial charge in [0, 0.05) is 23.3 Å². The van der Waals surface area contributed by atoms with Gasteiger partial charge in [0.1, 0.15) is 0 Å². The number of anilines is 1. The number of nitrogens with one attached hydrogen (secondary N) is 1. The maximum atomic E-state index is 5.88. The van der Waals surface area contributed by atoms with Crippen molar-refractivity contribution < 1.29 is 4.52 Å². The number of hydrogen-bond acceptors (Lipinski definition) is 4. The summed E-state index contributed by atoms with van der Waals surface area (Å²) >= 11 is 11.3. The van der Waals surface area contributed by atoms with Gasteiger partial charge in [-0.2, -0.15) is 4.98 Å². The number of nitrogens with zero attached hydrogens (tertiary/aromatic N) is 3. The van der Waals surface area contributed by atoms with Crippen molar-refractivity contribution in [3.63, 3.8) is 0 Å². The molecular formula is C18H17ClN4OS. The van der Waals surface area contributed by atoms with Crippen molar-refractivity contribution in [1.29, 1.82) is 0 Å². The van der Waals surface area contributed by atoms with Crippen LogP contribution in [0.5, 0.6) is 0 Å². The molecule has 0 fully saturated rings.